The number of hydrogen-bond donors (Lipinski definition) is 1. The number of imidazole rings is 1. The highest BCUT2D eigenvalue weighted by atomic mass is 32.1. The van der Waals surface area contributed by atoms with E-state index < -0.39 is 0 Å². The van der Waals surface area contributed by atoms with Gasteiger partial charge in [0.05, 0.1) is 12.4 Å². The predicted octanol–water partition coefficient (Wildman–Crippen LogP) is 5.01. The number of anilines is 1. The molecule has 0 atom stereocenters. The number of piperidine rings is 1. The minimum absolute atomic E-state index is 0.0644. The molecular formula is C24H28N4OS. The number of hydrogen-bond acceptors (Lipinski definition) is 3. The zero-order valence-corrected chi connectivity index (χ0v) is 18.1. The van der Waals surface area contributed by atoms with Crippen molar-refractivity contribution in [3.05, 3.63) is 71.6 Å². The summed E-state index contributed by atoms with van der Waals surface area (Å²) in [4.78, 5) is 15.0. The first-order valence-corrected chi connectivity index (χ1v) is 11.0. The Kier molecular flexibility index (Phi) is 6.45. The fourth-order valence-corrected chi connectivity index (χ4v) is 4.43. The van der Waals surface area contributed by atoms with Gasteiger partial charge in [-0.3, -0.25) is 9.69 Å². The lowest BCUT2D eigenvalue weighted by Crippen LogP contribution is -2.39. The minimum Gasteiger partial charge on any atom is -0.326 e. The van der Waals surface area contributed by atoms with Gasteiger partial charge in [0.2, 0.25) is 5.91 Å². The molecule has 0 aliphatic carbocycles. The van der Waals surface area contributed by atoms with Gasteiger partial charge < -0.3 is 14.5 Å². The predicted molar refractivity (Wildman–Crippen MR) is 124 cm³/mol. The average Bonchev–Trinajstić information content (AvgIpc) is 3.10. The molecule has 1 N–H and O–H groups in total. The molecule has 0 spiro atoms. The van der Waals surface area contributed by atoms with Gasteiger partial charge >= 0.3 is 0 Å². The van der Waals surface area contributed by atoms with E-state index in [1.807, 2.05) is 36.4 Å². The smallest absolute Gasteiger partial charge is 0.227 e. The minimum atomic E-state index is 0.0644. The van der Waals surface area contributed by atoms with Crippen LogP contribution in [0.3, 0.4) is 0 Å². The van der Waals surface area contributed by atoms with Gasteiger partial charge in [0, 0.05) is 37.4 Å². The van der Waals surface area contributed by atoms with Crippen LogP contribution in [0.4, 0.5) is 5.69 Å². The molecule has 5 nitrogen and oxygen atoms in total. The lowest BCUT2D eigenvalue weighted by Gasteiger charge is -2.31. The van der Waals surface area contributed by atoms with E-state index in [4.69, 9.17) is 12.2 Å². The van der Waals surface area contributed by atoms with E-state index in [0.717, 1.165) is 55.3 Å². The molecule has 2 aromatic carbocycles. The van der Waals surface area contributed by atoms with E-state index in [0.29, 0.717) is 0 Å². The maximum atomic E-state index is 12.6. The van der Waals surface area contributed by atoms with Crippen molar-refractivity contribution in [3.8, 4) is 11.3 Å². The van der Waals surface area contributed by atoms with Crippen LogP contribution in [0.1, 0.15) is 19.8 Å². The number of amides is 1. The van der Waals surface area contributed by atoms with Crippen molar-refractivity contribution in [2.75, 3.05) is 18.4 Å². The lowest BCUT2D eigenvalue weighted by atomic mass is 9.96. The number of nitrogens with one attached hydrogen (secondary N) is 1. The van der Waals surface area contributed by atoms with Crippen LogP contribution in [0, 0.1) is 10.7 Å². The van der Waals surface area contributed by atoms with Gasteiger partial charge in [-0.2, -0.15) is 0 Å². The first-order chi connectivity index (χ1) is 14.7. The van der Waals surface area contributed by atoms with Gasteiger partial charge in [-0.25, -0.2) is 0 Å². The Morgan fingerprint density at radius 2 is 1.67 bits per heavy atom. The number of aromatic nitrogens is 2. The third kappa shape index (κ3) is 4.55. The first kappa shape index (κ1) is 20.6. The van der Waals surface area contributed by atoms with Gasteiger partial charge in [-0.1, -0.05) is 48.5 Å². The fourth-order valence-electron chi connectivity index (χ4n) is 4.09. The molecule has 2 heterocycles. The second-order valence-corrected chi connectivity index (χ2v) is 8.13. The molecule has 0 unspecified atom stereocenters. The SMILES string of the molecule is CCn1c(-c2ccccc2)cn(CN2CCC(C(=O)Nc3ccccc3)CC2)c1=S. The highest BCUT2D eigenvalue weighted by Crippen LogP contribution is 2.23. The molecule has 1 fully saturated rings. The summed E-state index contributed by atoms with van der Waals surface area (Å²) in [7, 11) is 0. The highest BCUT2D eigenvalue weighted by molar-refractivity contribution is 7.71. The summed E-state index contributed by atoms with van der Waals surface area (Å²) < 4.78 is 5.19. The van der Waals surface area contributed by atoms with Crippen molar-refractivity contribution in [3.63, 3.8) is 0 Å². The first-order valence-electron chi connectivity index (χ1n) is 10.6. The molecule has 3 aromatic rings. The van der Waals surface area contributed by atoms with E-state index in [-0.39, 0.29) is 11.8 Å². The second kappa shape index (κ2) is 9.41. The van der Waals surface area contributed by atoms with Gasteiger partial charge in [-0.15, -0.1) is 0 Å². The largest absolute Gasteiger partial charge is 0.326 e. The van der Waals surface area contributed by atoms with Crippen LogP contribution in [0.2, 0.25) is 0 Å². The van der Waals surface area contributed by atoms with Crippen LogP contribution in [0.25, 0.3) is 11.3 Å². The van der Waals surface area contributed by atoms with Crippen molar-refractivity contribution < 1.29 is 4.79 Å². The van der Waals surface area contributed by atoms with Crippen LogP contribution >= 0.6 is 12.2 Å². The van der Waals surface area contributed by atoms with E-state index >= 15 is 0 Å². The number of carbonyl (C=O) groups is 1. The average molecular weight is 421 g/mol. The molecule has 4 rings (SSSR count). The van der Waals surface area contributed by atoms with E-state index in [2.05, 4.69) is 56.7 Å². The zero-order chi connectivity index (χ0) is 20.9. The number of nitrogens with zero attached hydrogens (tertiary/aromatic N) is 3. The van der Waals surface area contributed by atoms with Crippen molar-refractivity contribution in [2.45, 2.75) is 33.0 Å². The molecule has 0 saturated carbocycles. The van der Waals surface area contributed by atoms with E-state index in [1.165, 1.54) is 5.56 Å². The monoisotopic (exact) mass is 420 g/mol. The summed E-state index contributed by atoms with van der Waals surface area (Å²) in [5, 5.41) is 3.04. The molecule has 1 aliphatic rings. The maximum Gasteiger partial charge on any atom is 0.227 e. The molecule has 6 heteroatoms. The van der Waals surface area contributed by atoms with E-state index in [9.17, 15) is 4.79 Å². The van der Waals surface area contributed by atoms with Gasteiger partial charge in [0.25, 0.3) is 0 Å². The summed E-state index contributed by atoms with van der Waals surface area (Å²) in [6.07, 6.45) is 3.90. The van der Waals surface area contributed by atoms with Crippen molar-refractivity contribution in [2.24, 2.45) is 5.92 Å². The summed E-state index contributed by atoms with van der Waals surface area (Å²) in [6.45, 7) is 5.53. The Hall–Kier alpha value is -2.70. The standard InChI is InChI=1S/C24H28N4OS/c1-2-28-22(19-9-5-3-6-10-19)17-27(24(28)30)18-26-15-13-20(14-16-26)23(29)25-21-11-7-4-8-12-21/h3-12,17,20H,2,13-16,18H2,1H3,(H,25,29). The topological polar surface area (TPSA) is 42.2 Å². The molecule has 156 valence electrons. The molecule has 1 amide bonds. The number of benzene rings is 2. The van der Waals surface area contributed by atoms with Crippen LogP contribution in [0.15, 0.2) is 66.9 Å². The van der Waals surface area contributed by atoms with Crippen molar-refractivity contribution in [1.82, 2.24) is 14.0 Å². The summed E-state index contributed by atoms with van der Waals surface area (Å²) in [6, 6.07) is 20.1. The second-order valence-electron chi connectivity index (χ2n) is 7.77. The lowest BCUT2D eigenvalue weighted by molar-refractivity contribution is -0.121. The van der Waals surface area contributed by atoms with Gasteiger partial charge in [0.1, 0.15) is 0 Å². The fraction of sp³-hybridized carbons (Fsp3) is 0.333. The van der Waals surface area contributed by atoms with Crippen LogP contribution in [-0.2, 0) is 18.0 Å². The van der Waals surface area contributed by atoms with Crippen LogP contribution in [0.5, 0.6) is 0 Å². The van der Waals surface area contributed by atoms with Crippen molar-refractivity contribution in [1.29, 1.82) is 0 Å². The zero-order valence-electron chi connectivity index (χ0n) is 17.3. The third-order valence-electron chi connectivity index (χ3n) is 5.78. The van der Waals surface area contributed by atoms with Crippen molar-refractivity contribution >= 4 is 23.8 Å². The summed E-state index contributed by atoms with van der Waals surface area (Å²) in [5.41, 5.74) is 3.20. The maximum absolute atomic E-state index is 12.6. The Labute approximate surface area is 183 Å². The molecular weight excluding hydrogens is 392 g/mol. The molecule has 0 bridgehead atoms. The van der Waals surface area contributed by atoms with Gasteiger partial charge in [0.15, 0.2) is 4.77 Å². The molecule has 1 aliphatic heterocycles. The van der Waals surface area contributed by atoms with Gasteiger partial charge in [-0.05, 0) is 49.7 Å². The molecule has 0 radical (unpaired) electrons. The molecule has 1 saturated heterocycles. The summed E-state index contributed by atoms with van der Waals surface area (Å²) in [5.74, 6) is 0.190. The number of likely N-dealkylation sites (tertiary alicyclic amines) is 1. The number of para-hydroxylation sites is 1. The quantitative estimate of drug-likeness (QED) is 0.570. The van der Waals surface area contributed by atoms with Crippen LogP contribution in [-0.4, -0.2) is 33.0 Å². The highest BCUT2D eigenvalue weighted by Gasteiger charge is 2.25. The molecule has 30 heavy (non-hydrogen) atoms. The number of carbonyl (C=O) groups excluding carboxylic acids is 1. The molecule has 1 aromatic heterocycles. The normalized spacial score (nSPS) is 15.2. The summed E-state index contributed by atoms with van der Waals surface area (Å²) >= 11 is 5.75. The van der Waals surface area contributed by atoms with Crippen LogP contribution < -0.4 is 5.32 Å². The Morgan fingerprint density at radius 1 is 1.03 bits per heavy atom. The number of rotatable bonds is 6. The Balaban J connectivity index is 1.39. The Morgan fingerprint density at radius 3 is 2.30 bits per heavy atom. The van der Waals surface area contributed by atoms with E-state index in [1.54, 1.807) is 0 Å². The Bertz CT molecular complexity index is 1030. The third-order valence-corrected chi connectivity index (χ3v) is 6.24.